The summed E-state index contributed by atoms with van der Waals surface area (Å²) in [5, 5.41) is 18.4. The highest BCUT2D eigenvalue weighted by Gasteiger charge is 2.28. The van der Waals surface area contributed by atoms with Gasteiger partial charge in [-0.05, 0) is 63.1 Å². The molecule has 5 nitrogen and oxygen atoms in total. The zero-order valence-electron chi connectivity index (χ0n) is 14.4. The standard InChI is InChI=1S/C19H25NO4/c1-19(13-20,11-5-8-18(21)22)14-9-10-16(23-2)17(12-14)24-15-6-3-4-7-15/h9-10,12,15H,3-8,11H2,1-2H3,(H,21,22). The average molecular weight is 331 g/mol. The fraction of sp³-hybridized carbons (Fsp3) is 0.579. The molecule has 0 aromatic heterocycles. The van der Waals surface area contributed by atoms with E-state index in [1.165, 1.54) is 12.8 Å². The van der Waals surface area contributed by atoms with Gasteiger partial charge in [0, 0.05) is 6.42 Å². The van der Waals surface area contributed by atoms with Crippen molar-refractivity contribution in [2.45, 2.75) is 63.4 Å². The van der Waals surface area contributed by atoms with E-state index >= 15 is 0 Å². The topological polar surface area (TPSA) is 79.5 Å². The number of hydrogen-bond donors (Lipinski definition) is 1. The predicted octanol–water partition coefficient (Wildman–Crippen LogP) is 4.05. The molecule has 5 heteroatoms. The summed E-state index contributed by atoms with van der Waals surface area (Å²) in [6, 6.07) is 7.90. The summed E-state index contributed by atoms with van der Waals surface area (Å²) in [6.45, 7) is 1.84. The lowest BCUT2D eigenvalue weighted by Crippen LogP contribution is -2.20. The molecule has 0 aliphatic heterocycles. The molecule has 1 fully saturated rings. The van der Waals surface area contributed by atoms with Crippen LogP contribution in [0.5, 0.6) is 11.5 Å². The summed E-state index contributed by atoms with van der Waals surface area (Å²) >= 11 is 0. The van der Waals surface area contributed by atoms with Crippen LogP contribution in [-0.2, 0) is 10.2 Å². The SMILES string of the molecule is COc1ccc(C(C)(C#N)CCCC(=O)O)cc1OC1CCCC1. The van der Waals surface area contributed by atoms with Gasteiger partial charge in [-0.25, -0.2) is 0 Å². The van der Waals surface area contributed by atoms with E-state index in [1.54, 1.807) is 7.11 Å². The molecular weight excluding hydrogens is 306 g/mol. The Morgan fingerprint density at radius 2 is 2.08 bits per heavy atom. The quantitative estimate of drug-likeness (QED) is 0.777. The number of benzene rings is 1. The maximum atomic E-state index is 10.7. The van der Waals surface area contributed by atoms with Crippen molar-refractivity contribution < 1.29 is 19.4 Å². The molecule has 1 saturated carbocycles. The van der Waals surface area contributed by atoms with Crippen LogP contribution in [0.1, 0.15) is 57.4 Å². The summed E-state index contributed by atoms with van der Waals surface area (Å²) in [4.78, 5) is 10.7. The van der Waals surface area contributed by atoms with Crippen LogP contribution in [0.3, 0.4) is 0 Å². The van der Waals surface area contributed by atoms with Gasteiger partial charge in [-0.3, -0.25) is 4.79 Å². The number of methoxy groups -OCH3 is 1. The summed E-state index contributed by atoms with van der Waals surface area (Å²) < 4.78 is 11.5. The Labute approximate surface area is 143 Å². The minimum absolute atomic E-state index is 0.0683. The van der Waals surface area contributed by atoms with Gasteiger partial charge in [0.05, 0.1) is 24.7 Å². The van der Waals surface area contributed by atoms with Gasteiger partial charge in [0.25, 0.3) is 0 Å². The van der Waals surface area contributed by atoms with Crippen LogP contribution in [0, 0.1) is 11.3 Å². The number of aliphatic carboxylic acids is 1. The number of rotatable bonds is 8. The molecule has 1 aliphatic carbocycles. The Balaban J connectivity index is 2.21. The van der Waals surface area contributed by atoms with Crippen molar-refractivity contribution in [1.82, 2.24) is 0 Å². The second-order valence-corrected chi connectivity index (χ2v) is 6.58. The number of carboxylic acids is 1. The molecule has 1 N–H and O–H groups in total. The molecule has 1 aromatic rings. The highest BCUT2D eigenvalue weighted by Crippen LogP contribution is 2.37. The average Bonchev–Trinajstić information content (AvgIpc) is 3.07. The van der Waals surface area contributed by atoms with Gasteiger partial charge >= 0.3 is 5.97 Å². The number of nitrogens with zero attached hydrogens (tertiary/aromatic N) is 1. The zero-order valence-corrected chi connectivity index (χ0v) is 14.4. The minimum Gasteiger partial charge on any atom is -0.493 e. The molecule has 0 radical (unpaired) electrons. The Morgan fingerprint density at radius 3 is 2.67 bits per heavy atom. The first-order valence-electron chi connectivity index (χ1n) is 8.47. The highest BCUT2D eigenvalue weighted by molar-refractivity contribution is 5.66. The largest absolute Gasteiger partial charge is 0.493 e. The van der Waals surface area contributed by atoms with E-state index in [9.17, 15) is 10.1 Å². The molecular formula is C19H25NO4. The van der Waals surface area contributed by atoms with Crippen LogP contribution in [0.25, 0.3) is 0 Å². The van der Waals surface area contributed by atoms with Crippen LogP contribution in [0.2, 0.25) is 0 Å². The van der Waals surface area contributed by atoms with E-state index in [2.05, 4.69) is 6.07 Å². The highest BCUT2D eigenvalue weighted by atomic mass is 16.5. The van der Waals surface area contributed by atoms with E-state index in [-0.39, 0.29) is 12.5 Å². The first-order valence-corrected chi connectivity index (χ1v) is 8.47. The Bertz CT molecular complexity index is 616. The molecule has 1 aromatic carbocycles. The number of carbonyl (C=O) groups is 1. The Morgan fingerprint density at radius 1 is 1.38 bits per heavy atom. The molecule has 1 unspecified atom stereocenters. The van der Waals surface area contributed by atoms with E-state index in [1.807, 2.05) is 25.1 Å². The van der Waals surface area contributed by atoms with Gasteiger partial charge in [-0.2, -0.15) is 5.26 Å². The molecule has 1 atom stereocenters. The lowest BCUT2D eigenvalue weighted by atomic mass is 9.79. The molecule has 130 valence electrons. The second kappa shape index (κ2) is 8.05. The first kappa shape index (κ1) is 18.1. The van der Waals surface area contributed by atoms with Crippen molar-refractivity contribution in [1.29, 1.82) is 5.26 Å². The summed E-state index contributed by atoms with van der Waals surface area (Å²) in [6.07, 6.45) is 5.67. The Hall–Kier alpha value is -2.22. The smallest absolute Gasteiger partial charge is 0.303 e. The van der Waals surface area contributed by atoms with Crippen LogP contribution in [0.4, 0.5) is 0 Å². The van der Waals surface area contributed by atoms with Crippen LogP contribution >= 0.6 is 0 Å². The summed E-state index contributed by atoms with van der Waals surface area (Å²) in [5.41, 5.74) is 0.0966. The third-order valence-corrected chi connectivity index (χ3v) is 4.71. The fourth-order valence-electron chi connectivity index (χ4n) is 3.16. The lowest BCUT2D eigenvalue weighted by molar-refractivity contribution is -0.137. The van der Waals surface area contributed by atoms with Crippen molar-refractivity contribution >= 4 is 5.97 Å². The predicted molar refractivity (Wildman–Crippen MR) is 90.3 cm³/mol. The van der Waals surface area contributed by atoms with Crippen LogP contribution in [-0.4, -0.2) is 24.3 Å². The summed E-state index contributed by atoms with van der Waals surface area (Å²) in [7, 11) is 1.60. The van der Waals surface area contributed by atoms with E-state index in [0.29, 0.717) is 24.3 Å². The first-order chi connectivity index (χ1) is 11.5. The van der Waals surface area contributed by atoms with Gasteiger partial charge in [0.1, 0.15) is 0 Å². The van der Waals surface area contributed by atoms with Crippen molar-refractivity contribution in [3.8, 4) is 17.6 Å². The van der Waals surface area contributed by atoms with Gasteiger partial charge in [0.2, 0.25) is 0 Å². The van der Waals surface area contributed by atoms with Gasteiger partial charge < -0.3 is 14.6 Å². The number of hydrogen-bond acceptors (Lipinski definition) is 4. The molecule has 0 heterocycles. The number of ether oxygens (including phenoxy) is 2. The van der Waals surface area contributed by atoms with E-state index in [4.69, 9.17) is 14.6 Å². The maximum absolute atomic E-state index is 10.7. The normalized spacial score (nSPS) is 17.0. The molecule has 1 aliphatic rings. The van der Waals surface area contributed by atoms with Crippen molar-refractivity contribution in [3.05, 3.63) is 23.8 Å². The third-order valence-electron chi connectivity index (χ3n) is 4.71. The number of nitriles is 1. The molecule has 0 saturated heterocycles. The summed E-state index contributed by atoms with van der Waals surface area (Å²) in [5.74, 6) is 0.494. The maximum Gasteiger partial charge on any atom is 0.303 e. The molecule has 24 heavy (non-hydrogen) atoms. The van der Waals surface area contributed by atoms with Crippen molar-refractivity contribution in [3.63, 3.8) is 0 Å². The molecule has 2 rings (SSSR count). The second-order valence-electron chi connectivity index (χ2n) is 6.58. The zero-order chi connectivity index (χ0) is 17.6. The molecule has 0 amide bonds. The monoisotopic (exact) mass is 331 g/mol. The van der Waals surface area contributed by atoms with Gasteiger partial charge in [-0.1, -0.05) is 6.07 Å². The van der Waals surface area contributed by atoms with Crippen LogP contribution < -0.4 is 9.47 Å². The van der Waals surface area contributed by atoms with E-state index in [0.717, 1.165) is 18.4 Å². The molecule has 0 spiro atoms. The van der Waals surface area contributed by atoms with Crippen LogP contribution in [0.15, 0.2) is 18.2 Å². The van der Waals surface area contributed by atoms with Gasteiger partial charge in [0.15, 0.2) is 11.5 Å². The lowest BCUT2D eigenvalue weighted by Gasteiger charge is -2.24. The van der Waals surface area contributed by atoms with Crippen molar-refractivity contribution in [2.24, 2.45) is 0 Å². The van der Waals surface area contributed by atoms with Gasteiger partial charge in [-0.15, -0.1) is 0 Å². The van der Waals surface area contributed by atoms with E-state index < -0.39 is 11.4 Å². The van der Waals surface area contributed by atoms with Crippen molar-refractivity contribution in [2.75, 3.05) is 7.11 Å². The number of carboxylic acid groups (broad SMARTS) is 1. The third kappa shape index (κ3) is 4.41. The fourth-order valence-corrected chi connectivity index (χ4v) is 3.16. The Kier molecular flexibility index (Phi) is 6.08. The molecule has 0 bridgehead atoms. The minimum atomic E-state index is -0.838.